The number of hydrogen-bond donors (Lipinski definition) is 2. The van der Waals surface area contributed by atoms with Gasteiger partial charge in [0.05, 0.1) is 25.9 Å². The van der Waals surface area contributed by atoms with Crippen LogP contribution in [0.4, 0.5) is 5.82 Å². The minimum absolute atomic E-state index is 0.0464. The second-order valence-electron chi connectivity index (χ2n) is 7.02. The second-order valence-corrected chi connectivity index (χ2v) is 9.38. The number of aromatic nitrogens is 2. The van der Waals surface area contributed by atoms with E-state index in [9.17, 15) is 18.8 Å². The van der Waals surface area contributed by atoms with Gasteiger partial charge in [0.15, 0.2) is 0 Å². The Bertz CT molecular complexity index is 839. The molecule has 13 nitrogen and oxygen atoms in total. The highest BCUT2D eigenvalue weighted by Gasteiger charge is 2.40. The minimum atomic E-state index is -4.33. The number of nitrogen functional groups attached to an aromatic ring is 1. The summed E-state index contributed by atoms with van der Waals surface area (Å²) in [5.41, 5.74) is 4.86. The molecule has 0 bridgehead atoms. The van der Waals surface area contributed by atoms with E-state index in [2.05, 4.69) is 4.98 Å². The van der Waals surface area contributed by atoms with Crippen molar-refractivity contribution in [2.24, 2.45) is 0 Å². The third-order valence-corrected chi connectivity index (χ3v) is 6.19. The fraction of sp³-hybridized carbons (Fsp3) is 0.765. The average molecular weight is 499 g/mol. The van der Waals surface area contributed by atoms with Crippen LogP contribution in [0.1, 0.15) is 52.2 Å². The molecule has 1 saturated heterocycles. The Morgan fingerprint density at radius 1 is 1.31 bits per heavy atom. The first-order valence-electron chi connectivity index (χ1n) is 10.4. The van der Waals surface area contributed by atoms with Crippen molar-refractivity contribution in [3.05, 3.63) is 22.7 Å². The van der Waals surface area contributed by atoms with Crippen molar-refractivity contribution in [3.8, 4) is 0 Å². The molecule has 1 aromatic heterocycles. The van der Waals surface area contributed by atoms with Gasteiger partial charge in [-0.05, 0) is 18.9 Å². The van der Waals surface area contributed by atoms with E-state index in [4.69, 9.17) is 33.6 Å². The molecule has 0 aliphatic carbocycles. The zero-order valence-electron chi connectivity index (χ0n) is 18.1. The summed E-state index contributed by atoms with van der Waals surface area (Å²) < 4.78 is 51.2. The SMILES string of the molecule is CCCCOO[PH](=O)O[C@H]1C[C@H](n2ccc(N)nc2=O)O[C@@H]1COP(=O)(O)OCCCC. The number of nitrogens with zero attached hydrogens (tertiary/aromatic N) is 2. The van der Waals surface area contributed by atoms with Crippen molar-refractivity contribution in [1.29, 1.82) is 0 Å². The standard InChI is InChI=1S/C17H31N3O10P2/c1-3-5-9-25-30-31(22)29-13-11-16(20-8-7-15(18)19-17(20)21)28-14(13)12-27-32(23,24)26-10-6-4-2/h7-8,13-14,16,31H,3-6,9-12H2,1-2H3,(H,23,24)(H2,18,19,21)/t13-,14+,16+/m0/s1. The highest BCUT2D eigenvalue weighted by atomic mass is 31.2. The quantitative estimate of drug-likeness (QED) is 0.157. The normalized spacial score (nSPS) is 23.8. The van der Waals surface area contributed by atoms with Crippen LogP contribution in [0.25, 0.3) is 0 Å². The molecule has 1 fully saturated rings. The van der Waals surface area contributed by atoms with Crippen LogP contribution in [0.3, 0.4) is 0 Å². The summed E-state index contributed by atoms with van der Waals surface area (Å²) in [5.74, 6) is 0.0464. The first kappa shape index (κ1) is 27.1. The van der Waals surface area contributed by atoms with E-state index in [1.54, 1.807) is 0 Å². The topological polar surface area (TPSA) is 171 Å². The number of hydrogen-bond acceptors (Lipinski definition) is 11. The summed E-state index contributed by atoms with van der Waals surface area (Å²) in [7, 11) is -7.40. The van der Waals surface area contributed by atoms with E-state index in [0.29, 0.717) is 6.42 Å². The number of phosphoric ester groups is 1. The summed E-state index contributed by atoms with van der Waals surface area (Å²) in [6.07, 6.45) is 1.73. The van der Waals surface area contributed by atoms with E-state index in [1.165, 1.54) is 16.8 Å². The molecule has 2 unspecified atom stereocenters. The monoisotopic (exact) mass is 499 g/mol. The van der Waals surface area contributed by atoms with Crippen LogP contribution in [0, 0.1) is 0 Å². The van der Waals surface area contributed by atoms with Crippen molar-refractivity contribution < 1.29 is 41.9 Å². The summed E-state index contributed by atoms with van der Waals surface area (Å²) in [4.78, 5) is 30.5. The molecule has 1 aliphatic heterocycles. The molecule has 5 atom stereocenters. The zero-order chi connectivity index (χ0) is 23.6. The van der Waals surface area contributed by atoms with Gasteiger partial charge in [-0.2, -0.15) is 9.66 Å². The maximum Gasteiger partial charge on any atom is 0.472 e. The lowest BCUT2D eigenvalue weighted by molar-refractivity contribution is -0.212. The van der Waals surface area contributed by atoms with Gasteiger partial charge in [-0.3, -0.25) is 18.2 Å². The number of phosphoric acid groups is 1. The van der Waals surface area contributed by atoms with Crippen molar-refractivity contribution in [2.45, 2.75) is 64.4 Å². The first-order valence-corrected chi connectivity index (χ1v) is 13.1. The maximum absolute atomic E-state index is 12.1. The molecule has 32 heavy (non-hydrogen) atoms. The van der Waals surface area contributed by atoms with Gasteiger partial charge in [-0.15, -0.1) is 0 Å². The number of nitrogens with two attached hydrogens (primary N) is 1. The van der Waals surface area contributed by atoms with Gasteiger partial charge in [-0.1, -0.05) is 26.7 Å². The molecular weight excluding hydrogens is 468 g/mol. The van der Waals surface area contributed by atoms with E-state index in [-0.39, 0.29) is 25.5 Å². The van der Waals surface area contributed by atoms with Crippen LogP contribution >= 0.6 is 16.1 Å². The Labute approximate surface area is 186 Å². The predicted octanol–water partition coefficient (Wildman–Crippen LogP) is 2.57. The third-order valence-electron chi connectivity index (χ3n) is 4.45. The predicted molar refractivity (Wildman–Crippen MR) is 114 cm³/mol. The van der Waals surface area contributed by atoms with Crippen LogP contribution < -0.4 is 11.4 Å². The van der Waals surface area contributed by atoms with Gasteiger partial charge in [0.25, 0.3) is 0 Å². The Morgan fingerprint density at radius 2 is 2.03 bits per heavy atom. The number of ether oxygens (including phenoxy) is 1. The van der Waals surface area contributed by atoms with Crippen LogP contribution in [-0.2, 0) is 37.0 Å². The third kappa shape index (κ3) is 9.01. The Hall–Kier alpha value is -1.14. The van der Waals surface area contributed by atoms with E-state index >= 15 is 0 Å². The van der Waals surface area contributed by atoms with Crippen LogP contribution in [0.5, 0.6) is 0 Å². The lowest BCUT2D eigenvalue weighted by atomic mass is 10.2. The van der Waals surface area contributed by atoms with Gasteiger partial charge in [-0.25, -0.2) is 14.2 Å². The molecule has 0 spiro atoms. The van der Waals surface area contributed by atoms with Gasteiger partial charge in [0, 0.05) is 12.6 Å². The second kappa shape index (κ2) is 13.5. The minimum Gasteiger partial charge on any atom is -0.383 e. The van der Waals surface area contributed by atoms with Crippen LogP contribution in [0.2, 0.25) is 0 Å². The summed E-state index contributed by atoms with van der Waals surface area (Å²) in [6, 6.07) is 1.42. The van der Waals surface area contributed by atoms with Crippen molar-refractivity contribution in [2.75, 3.05) is 25.6 Å². The van der Waals surface area contributed by atoms with E-state index in [1.807, 2.05) is 13.8 Å². The van der Waals surface area contributed by atoms with Crippen molar-refractivity contribution in [1.82, 2.24) is 9.55 Å². The molecule has 2 rings (SSSR count). The fourth-order valence-electron chi connectivity index (χ4n) is 2.76. The molecular formula is C17H31N3O10P2. The molecule has 1 aliphatic rings. The highest BCUT2D eigenvalue weighted by molar-refractivity contribution is 7.47. The molecule has 0 aromatic carbocycles. The molecule has 0 radical (unpaired) electrons. The van der Waals surface area contributed by atoms with Gasteiger partial charge >= 0.3 is 21.8 Å². The molecule has 15 heteroatoms. The van der Waals surface area contributed by atoms with Crippen LogP contribution in [0.15, 0.2) is 17.1 Å². The lowest BCUT2D eigenvalue weighted by Gasteiger charge is -2.20. The Kier molecular flexibility index (Phi) is 11.5. The largest absolute Gasteiger partial charge is 0.472 e. The fourth-order valence-corrected chi connectivity index (χ4v) is 4.24. The molecule has 0 saturated carbocycles. The number of unbranched alkanes of at least 4 members (excludes halogenated alkanes) is 2. The molecule has 184 valence electrons. The van der Waals surface area contributed by atoms with Gasteiger partial charge in [0.2, 0.25) is 0 Å². The van der Waals surface area contributed by atoms with Crippen molar-refractivity contribution >= 4 is 21.9 Å². The molecule has 3 N–H and O–H groups in total. The average Bonchev–Trinajstić information content (AvgIpc) is 3.12. The zero-order valence-corrected chi connectivity index (χ0v) is 20.0. The van der Waals surface area contributed by atoms with Crippen LogP contribution in [-0.4, -0.2) is 46.5 Å². The Morgan fingerprint density at radius 3 is 2.72 bits per heavy atom. The summed E-state index contributed by atoms with van der Waals surface area (Å²) >= 11 is 0. The molecule has 0 amide bonds. The van der Waals surface area contributed by atoms with Crippen molar-refractivity contribution in [3.63, 3.8) is 0 Å². The van der Waals surface area contributed by atoms with Gasteiger partial charge < -0.3 is 19.9 Å². The lowest BCUT2D eigenvalue weighted by Crippen LogP contribution is -2.28. The smallest absolute Gasteiger partial charge is 0.383 e. The molecule has 1 aromatic rings. The van der Waals surface area contributed by atoms with Gasteiger partial charge in [0.1, 0.15) is 18.1 Å². The highest BCUT2D eigenvalue weighted by Crippen LogP contribution is 2.45. The Balaban J connectivity index is 2.03. The number of rotatable bonds is 15. The first-order chi connectivity index (χ1) is 15.3. The summed E-state index contributed by atoms with van der Waals surface area (Å²) in [5, 5.41) is 0. The van der Waals surface area contributed by atoms with E-state index in [0.717, 1.165) is 19.3 Å². The summed E-state index contributed by atoms with van der Waals surface area (Å²) in [6.45, 7) is 3.77. The maximum atomic E-state index is 12.1. The van der Waals surface area contributed by atoms with E-state index < -0.39 is 46.8 Å². The molecule has 2 heterocycles. The number of anilines is 1.